The van der Waals surface area contributed by atoms with Crippen molar-refractivity contribution < 1.29 is 0 Å². The third kappa shape index (κ3) is 1.36. The molecule has 0 amide bonds. The lowest BCUT2D eigenvalue weighted by molar-refractivity contribution is 1.29. The van der Waals surface area contributed by atoms with Crippen LogP contribution in [0.3, 0.4) is 0 Å². The fourth-order valence-electron chi connectivity index (χ4n) is 0.962. The SMILES string of the molecule is Clc1ccc2ncc(Cl)nc2c1. The van der Waals surface area contributed by atoms with Crippen molar-refractivity contribution in [2.45, 2.75) is 0 Å². The fraction of sp³-hybridized carbons (Fsp3) is 0. The van der Waals surface area contributed by atoms with Gasteiger partial charge in [0.1, 0.15) is 5.15 Å². The molecule has 0 saturated carbocycles. The zero-order valence-corrected chi connectivity index (χ0v) is 7.47. The highest BCUT2D eigenvalue weighted by Crippen LogP contribution is 2.16. The van der Waals surface area contributed by atoms with Gasteiger partial charge >= 0.3 is 0 Å². The van der Waals surface area contributed by atoms with Gasteiger partial charge in [-0.2, -0.15) is 0 Å². The van der Waals surface area contributed by atoms with E-state index in [-0.39, 0.29) is 0 Å². The van der Waals surface area contributed by atoms with Gasteiger partial charge in [0.2, 0.25) is 0 Å². The number of hydrogen-bond acceptors (Lipinski definition) is 2. The molecule has 4 heteroatoms. The molecule has 1 aromatic heterocycles. The van der Waals surface area contributed by atoms with Crippen molar-refractivity contribution in [3.8, 4) is 0 Å². The van der Waals surface area contributed by atoms with Gasteiger partial charge in [0, 0.05) is 5.02 Å². The number of nitrogens with zero attached hydrogens (tertiary/aromatic N) is 2. The summed E-state index contributed by atoms with van der Waals surface area (Å²) in [6, 6.07) is 5.31. The molecule has 60 valence electrons. The first-order valence-corrected chi connectivity index (χ1v) is 4.09. The van der Waals surface area contributed by atoms with E-state index in [9.17, 15) is 0 Å². The molecule has 0 unspecified atom stereocenters. The number of benzene rings is 1. The van der Waals surface area contributed by atoms with Gasteiger partial charge in [0.05, 0.1) is 17.2 Å². The highest BCUT2D eigenvalue weighted by atomic mass is 35.5. The zero-order chi connectivity index (χ0) is 8.55. The van der Waals surface area contributed by atoms with Crippen LogP contribution in [-0.4, -0.2) is 9.97 Å². The van der Waals surface area contributed by atoms with E-state index in [2.05, 4.69) is 9.97 Å². The molecule has 1 heterocycles. The minimum Gasteiger partial charge on any atom is -0.251 e. The number of aromatic nitrogens is 2. The minimum atomic E-state index is 0.379. The van der Waals surface area contributed by atoms with Gasteiger partial charge in [-0.1, -0.05) is 23.2 Å². The van der Waals surface area contributed by atoms with Crippen LogP contribution in [0.4, 0.5) is 0 Å². The van der Waals surface area contributed by atoms with E-state index in [0.29, 0.717) is 10.2 Å². The summed E-state index contributed by atoms with van der Waals surface area (Å²) >= 11 is 11.4. The summed E-state index contributed by atoms with van der Waals surface area (Å²) in [4.78, 5) is 8.12. The molecule has 0 fully saturated rings. The van der Waals surface area contributed by atoms with E-state index < -0.39 is 0 Å². The van der Waals surface area contributed by atoms with Gasteiger partial charge < -0.3 is 0 Å². The molecule has 0 aliphatic rings. The van der Waals surface area contributed by atoms with E-state index in [1.807, 2.05) is 0 Å². The van der Waals surface area contributed by atoms with Crippen molar-refractivity contribution in [1.82, 2.24) is 9.97 Å². The standard InChI is InChI=1S/C8H4Cl2N2/c9-5-1-2-6-7(3-5)12-8(10)4-11-6/h1-4H. The van der Waals surface area contributed by atoms with Crippen molar-refractivity contribution in [3.63, 3.8) is 0 Å². The Hall–Kier alpha value is -0.860. The summed E-state index contributed by atoms with van der Waals surface area (Å²) < 4.78 is 0. The van der Waals surface area contributed by atoms with E-state index in [4.69, 9.17) is 23.2 Å². The Morgan fingerprint density at radius 3 is 2.75 bits per heavy atom. The molecular formula is C8H4Cl2N2. The second-order valence-corrected chi connectivity index (χ2v) is 3.15. The molecule has 2 nitrogen and oxygen atoms in total. The number of hydrogen-bond donors (Lipinski definition) is 0. The monoisotopic (exact) mass is 198 g/mol. The molecule has 0 aliphatic heterocycles. The average molecular weight is 199 g/mol. The van der Waals surface area contributed by atoms with Gasteiger partial charge in [-0.3, -0.25) is 4.98 Å². The zero-order valence-electron chi connectivity index (χ0n) is 5.96. The number of rotatable bonds is 0. The van der Waals surface area contributed by atoms with E-state index >= 15 is 0 Å². The maximum absolute atomic E-state index is 5.76. The molecule has 2 rings (SSSR count). The van der Waals surface area contributed by atoms with Crippen molar-refractivity contribution in [2.24, 2.45) is 0 Å². The minimum absolute atomic E-state index is 0.379. The highest BCUT2D eigenvalue weighted by Gasteiger charge is 1.97. The third-order valence-corrected chi connectivity index (χ3v) is 1.89. The van der Waals surface area contributed by atoms with Crippen LogP contribution >= 0.6 is 23.2 Å². The summed E-state index contributed by atoms with van der Waals surface area (Å²) in [5.41, 5.74) is 1.51. The van der Waals surface area contributed by atoms with Gasteiger partial charge in [0.15, 0.2) is 0 Å². The molecule has 0 aliphatic carbocycles. The summed E-state index contributed by atoms with van der Waals surface area (Å²) in [5.74, 6) is 0. The van der Waals surface area contributed by atoms with Crippen molar-refractivity contribution in [3.05, 3.63) is 34.6 Å². The maximum Gasteiger partial charge on any atom is 0.148 e. The average Bonchev–Trinajstić information content (AvgIpc) is 2.03. The predicted octanol–water partition coefficient (Wildman–Crippen LogP) is 2.94. The molecule has 1 aromatic carbocycles. The molecule has 0 bridgehead atoms. The highest BCUT2D eigenvalue weighted by molar-refractivity contribution is 6.31. The predicted molar refractivity (Wildman–Crippen MR) is 49.6 cm³/mol. The Morgan fingerprint density at radius 2 is 1.92 bits per heavy atom. The van der Waals surface area contributed by atoms with E-state index in [1.165, 1.54) is 6.20 Å². The Bertz CT molecular complexity index is 392. The largest absolute Gasteiger partial charge is 0.251 e. The molecule has 0 spiro atoms. The lowest BCUT2D eigenvalue weighted by Gasteiger charge is -1.96. The Kier molecular flexibility index (Phi) is 1.87. The number of halogens is 2. The van der Waals surface area contributed by atoms with Crippen LogP contribution in [0, 0.1) is 0 Å². The Labute approximate surface area is 79.2 Å². The van der Waals surface area contributed by atoms with Gasteiger partial charge in [0.25, 0.3) is 0 Å². The topological polar surface area (TPSA) is 25.8 Å². The molecule has 0 radical (unpaired) electrons. The van der Waals surface area contributed by atoms with Gasteiger partial charge in [-0.15, -0.1) is 0 Å². The second-order valence-electron chi connectivity index (χ2n) is 2.33. The molecule has 0 atom stereocenters. The maximum atomic E-state index is 5.76. The molecular weight excluding hydrogens is 195 g/mol. The van der Waals surface area contributed by atoms with Crippen LogP contribution in [0.5, 0.6) is 0 Å². The molecule has 2 aromatic rings. The summed E-state index contributed by atoms with van der Waals surface area (Å²) in [6.45, 7) is 0. The summed E-state index contributed by atoms with van der Waals surface area (Å²) in [7, 11) is 0. The first kappa shape index (κ1) is 7.77. The quantitative estimate of drug-likeness (QED) is 0.651. The smallest absolute Gasteiger partial charge is 0.148 e. The fourth-order valence-corrected chi connectivity index (χ4v) is 1.27. The summed E-state index contributed by atoms with van der Waals surface area (Å²) in [6.07, 6.45) is 1.51. The van der Waals surface area contributed by atoms with Gasteiger partial charge in [-0.25, -0.2) is 4.98 Å². The van der Waals surface area contributed by atoms with Gasteiger partial charge in [-0.05, 0) is 18.2 Å². The lowest BCUT2D eigenvalue weighted by Crippen LogP contribution is -1.82. The Morgan fingerprint density at radius 1 is 1.08 bits per heavy atom. The first-order chi connectivity index (χ1) is 5.75. The third-order valence-electron chi connectivity index (χ3n) is 1.47. The molecule has 0 N–H and O–H groups in total. The van der Waals surface area contributed by atoms with Crippen LogP contribution < -0.4 is 0 Å². The summed E-state index contributed by atoms with van der Waals surface area (Å²) in [5, 5.41) is 1.02. The van der Waals surface area contributed by atoms with Crippen LogP contribution in [0.2, 0.25) is 10.2 Å². The van der Waals surface area contributed by atoms with E-state index in [0.717, 1.165) is 11.0 Å². The van der Waals surface area contributed by atoms with Crippen LogP contribution in [0.15, 0.2) is 24.4 Å². The first-order valence-electron chi connectivity index (χ1n) is 3.33. The van der Waals surface area contributed by atoms with Crippen LogP contribution in [0.1, 0.15) is 0 Å². The molecule has 0 saturated heterocycles. The van der Waals surface area contributed by atoms with Crippen LogP contribution in [-0.2, 0) is 0 Å². The number of fused-ring (bicyclic) bond motifs is 1. The van der Waals surface area contributed by atoms with Crippen molar-refractivity contribution in [2.75, 3.05) is 0 Å². The molecule has 12 heavy (non-hydrogen) atoms. The van der Waals surface area contributed by atoms with Crippen molar-refractivity contribution in [1.29, 1.82) is 0 Å². The lowest BCUT2D eigenvalue weighted by atomic mass is 10.3. The van der Waals surface area contributed by atoms with Crippen molar-refractivity contribution >= 4 is 34.2 Å². The van der Waals surface area contributed by atoms with E-state index in [1.54, 1.807) is 18.2 Å². The Balaban J connectivity index is 2.80. The van der Waals surface area contributed by atoms with Crippen LogP contribution in [0.25, 0.3) is 11.0 Å². The second kappa shape index (κ2) is 2.88. The normalized spacial score (nSPS) is 10.5.